The summed E-state index contributed by atoms with van der Waals surface area (Å²) in [4.78, 5) is 11.4. The molecule has 0 aliphatic carbocycles. The van der Waals surface area contributed by atoms with Gasteiger partial charge < -0.3 is 16.2 Å². The summed E-state index contributed by atoms with van der Waals surface area (Å²) in [6.07, 6.45) is 6.60. The van der Waals surface area contributed by atoms with E-state index in [0.717, 1.165) is 6.42 Å². The normalized spacial score (nSPS) is 14.1. The largest absolute Gasteiger partial charge is 0.396 e. The van der Waals surface area contributed by atoms with Gasteiger partial charge in [0.05, 0.1) is 6.04 Å². The minimum atomic E-state index is -0.646. The quantitative estimate of drug-likeness (QED) is 0.509. The predicted octanol–water partition coefficient (Wildman–Crippen LogP) is -0.386. The lowest BCUT2D eigenvalue weighted by molar-refractivity contribution is -0.123. The van der Waals surface area contributed by atoms with Gasteiger partial charge in [-0.2, -0.15) is 0 Å². The number of nitrogens with two attached hydrogens (primary N) is 1. The smallest absolute Gasteiger partial charge is 0.238 e. The molecule has 0 aliphatic heterocycles. The molecule has 0 saturated carbocycles. The van der Waals surface area contributed by atoms with E-state index in [1.54, 1.807) is 0 Å². The van der Waals surface area contributed by atoms with Crippen molar-refractivity contribution in [3.05, 3.63) is 0 Å². The van der Waals surface area contributed by atoms with Gasteiger partial charge in [0.15, 0.2) is 0 Å². The minimum absolute atomic E-state index is 0.0173. The van der Waals surface area contributed by atoms with Crippen molar-refractivity contribution in [2.45, 2.75) is 38.3 Å². The predicted molar refractivity (Wildman–Crippen MR) is 55.3 cm³/mol. The average molecular weight is 198 g/mol. The van der Waals surface area contributed by atoms with Gasteiger partial charge in [0.2, 0.25) is 5.91 Å². The van der Waals surface area contributed by atoms with Gasteiger partial charge in [-0.25, -0.2) is 0 Å². The molecular formula is C10H18N2O2. The highest BCUT2D eigenvalue weighted by molar-refractivity contribution is 5.82. The molecule has 4 N–H and O–H groups in total. The van der Waals surface area contributed by atoms with Gasteiger partial charge in [-0.1, -0.05) is 6.92 Å². The Morgan fingerprint density at radius 3 is 2.79 bits per heavy atom. The van der Waals surface area contributed by atoms with Crippen LogP contribution in [0.25, 0.3) is 0 Å². The maximum Gasteiger partial charge on any atom is 0.238 e. The Hall–Kier alpha value is -1.05. The van der Waals surface area contributed by atoms with Crippen molar-refractivity contribution < 1.29 is 9.90 Å². The topological polar surface area (TPSA) is 75.4 Å². The summed E-state index contributed by atoms with van der Waals surface area (Å²) in [5.41, 5.74) is 5.51. The van der Waals surface area contributed by atoms with Crippen molar-refractivity contribution in [2.24, 2.45) is 5.73 Å². The average Bonchev–Trinajstić information content (AvgIpc) is 2.17. The lowest BCUT2D eigenvalue weighted by Crippen LogP contribution is -2.45. The molecule has 0 aromatic heterocycles. The molecule has 0 bridgehead atoms. The highest BCUT2D eigenvalue weighted by atomic mass is 16.3. The van der Waals surface area contributed by atoms with E-state index in [9.17, 15) is 4.79 Å². The third-order valence-electron chi connectivity index (χ3n) is 1.99. The molecule has 1 amide bonds. The van der Waals surface area contributed by atoms with E-state index < -0.39 is 6.04 Å². The Morgan fingerprint density at radius 2 is 2.36 bits per heavy atom. The number of rotatable bonds is 6. The van der Waals surface area contributed by atoms with Crippen LogP contribution in [-0.2, 0) is 4.79 Å². The Labute approximate surface area is 84.9 Å². The molecule has 0 heterocycles. The minimum Gasteiger partial charge on any atom is -0.396 e. The van der Waals surface area contributed by atoms with Crippen LogP contribution in [0.1, 0.15) is 26.2 Å². The number of aliphatic hydroxyl groups is 1. The molecule has 14 heavy (non-hydrogen) atoms. The van der Waals surface area contributed by atoms with E-state index in [4.69, 9.17) is 17.3 Å². The first-order valence-corrected chi connectivity index (χ1v) is 4.76. The molecule has 80 valence electrons. The fraction of sp³-hybridized carbons (Fsp3) is 0.700. The van der Waals surface area contributed by atoms with Crippen molar-refractivity contribution in [1.29, 1.82) is 0 Å². The zero-order valence-corrected chi connectivity index (χ0v) is 8.49. The molecule has 0 rings (SSSR count). The Morgan fingerprint density at radius 1 is 1.71 bits per heavy atom. The molecule has 2 atom stereocenters. The molecule has 0 fully saturated rings. The lowest BCUT2D eigenvalue weighted by atomic mass is 10.1. The Balaban J connectivity index is 3.96. The standard InChI is InChI=1S/C10H18N2O2/c1-3-5-9(11)10(14)12-8(4-2)6-7-13/h1,8-9,13H,4-7,11H2,2H3,(H,12,14). The first kappa shape index (κ1) is 12.9. The second-order valence-electron chi connectivity index (χ2n) is 3.14. The SMILES string of the molecule is C#CCC(N)C(=O)NC(CC)CCO. The van der Waals surface area contributed by atoms with Gasteiger partial charge in [-0.3, -0.25) is 4.79 Å². The first-order valence-electron chi connectivity index (χ1n) is 4.76. The summed E-state index contributed by atoms with van der Waals surface area (Å²) in [5, 5.41) is 11.4. The van der Waals surface area contributed by atoms with Crippen molar-refractivity contribution in [2.75, 3.05) is 6.61 Å². The van der Waals surface area contributed by atoms with Gasteiger partial charge in [0.1, 0.15) is 0 Å². The third-order valence-corrected chi connectivity index (χ3v) is 1.99. The van der Waals surface area contributed by atoms with Crippen molar-refractivity contribution in [3.8, 4) is 12.3 Å². The third kappa shape index (κ3) is 4.85. The Kier molecular flexibility index (Phi) is 6.81. The maximum absolute atomic E-state index is 11.4. The van der Waals surface area contributed by atoms with E-state index in [0.29, 0.717) is 6.42 Å². The molecule has 0 radical (unpaired) electrons. The van der Waals surface area contributed by atoms with Crippen molar-refractivity contribution in [3.63, 3.8) is 0 Å². The van der Waals surface area contributed by atoms with Crippen LogP contribution in [0.4, 0.5) is 0 Å². The highest BCUT2D eigenvalue weighted by Crippen LogP contribution is 1.97. The van der Waals surface area contributed by atoms with Gasteiger partial charge >= 0.3 is 0 Å². The molecular weight excluding hydrogens is 180 g/mol. The summed E-state index contributed by atoms with van der Waals surface area (Å²) < 4.78 is 0. The fourth-order valence-corrected chi connectivity index (χ4v) is 1.06. The summed E-state index contributed by atoms with van der Waals surface area (Å²) in [6, 6.07) is -0.663. The number of aliphatic hydroxyl groups excluding tert-OH is 1. The summed E-state index contributed by atoms with van der Waals surface area (Å²) in [6.45, 7) is 2.00. The molecule has 0 aliphatic rings. The number of carbonyl (C=O) groups is 1. The second kappa shape index (κ2) is 7.36. The first-order chi connectivity index (χ1) is 6.65. The molecule has 0 aromatic rings. The molecule has 0 saturated heterocycles. The zero-order chi connectivity index (χ0) is 11.0. The zero-order valence-electron chi connectivity index (χ0n) is 8.49. The number of hydrogen-bond acceptors (Lipinski definition) is 3. The molecule has 4 heteroatoms. The van der Waals surface area contributed by atoms with E-state index in [1.165, 1.54) is 0 Å². The van der Waals surface area contributed by atoms with Gasteiger partial charge in [-0.05, 0) is 12.8 Å². The second-order valence-corrected chi connectivity index (χ2v) is 3.14. The summed E-state index contributed by atoms with van der Waals surface area (Å²) in [7, 11) is 0. The van der Waals surface area contributed by atoms with Crippen LogP contribution in [0.3, 0.4) is 0 Å². The van der Waals surface area contributed by atoms with Crippen LogP contribution in [0.5, 0.6) is 0 Å². The monoisotopic (exact) mass is 198 g/mol. The number of terminal acetylenes is 1. The van der Waals surface area contributed by atoms with E-state index >= 15 is 0 Å². The van der Waals surface area contributed by atoms with Gasteiger partial charge in [0, 0.05) is 19.1 Å². The van der Waals surface area contributed by atoms with E-state index in [-0.39, 0.29) is 25.0 Å². The van der Waals surface area contributed by atoms with Crippen LogP contribution < -0.4 is 11.1 Å². The summed E-state index contributed by atoms with van der Waals surface area (Å²) >= 11 is 0. The molecule has 0 aromatic carbocycles. The van der Waals surface area contributed by atoms with Gasteiger partial charge in [0.25, 0.3) is 0 Å². The molecule has 2 unspecified atom stereocenters. The number of carbonyl (C=O) groups excluding carboxylic acids is 1. The van der Waals surface area contributed by atoms with E-state index in [1.807, 2.05) is 6.92 Å². The van der Waals surface area contributed by atoms with Crippen molar-refractivity contribution in [1.82, 2.24) is 5.32 Å². The molecule has 0 spiro atoms. The van der Waals surface area contributed by atoms with E-state index in [2.05, 4.69) is 11.2 Å². The van der Waals surface area contributed by atoms with Crippen LogP contribution in [0, 0.1) is 12.3 Å². The number of hydrogen-bond donors (Lipinski definition) is 3. The van der Waals surface area contributed by atoms with Crippen LogP contribution in [0.2, 0.25) is 0 Å². The maximum atomic E-state index is 11.4. The lowest BCUT2D eigenvalue weighted by Gasteiger charge is -2.17. The highest BCUT2D eigenvalue weighted by Gasteiger charge is 2.15. The Bertz CT molecular complexity index is 211. The molecule has 4 nitrogen and oxygen atoms in total. The van der Waals surface area contributed by atoms with Crippen molar-refractivity contribution >= 4 is 5.91 Å². The number of nitrogens with one attached hydrogen (secondary N) is 1. The van der Waals surface area contributed by atoms with Gasteiger partial charge in [-0.15, -0.1) is 12.3 Å². The number of amides is 1. The van der Waals surface area contributed by atoms with Crippen LogP contribution in [0.15, 0.2) is 0 Å². The van der Waals surface area contributed by atoms with Crippen LogP contribution >= 0.6 is 0 Å². The fourth-order valence-electron chi connectivity index (χ4n) is 1.06. The van der Waals surface area contributed by atoms with Crippen LogP contribution in [-0.4, -0.2) is 29.7 Å². The summed E-state index contributed by atoms with van der Waals surface area (Å²) in [5.74, 6) is 2.09.